The minimum atomic E-state index is -0.953. The van der Waals surface area contributed by atoms with E-state index in [1.54, 1.807) is 31.4 Å². The highest BCUT2D eigenvalue weighted by molar-refractivity contribution is 7.95. The fourth-order valence-electron chi connectivity index (χ4n) is 5.07. The van der Waals surface area contributed by atoms with E-state index >= 15 is 0 Å². The second kappa shape index (κ2) is 11.7. The van der Waals surface area contributed by atoms with Crippen LogP contribution in [-0.2, 0) is 25.1 Å². The maximum Gasteiger partial charge on any atom is 0.514 e. The van der Waals surface area contributed by atoms with Gasteiger partial charge in [0, 0.05) is 7.11 Å². The summed E-state index contributed by atoms with van der Waals surface area (Å²) in [4.78, 5) is 12.5. The molecule has 1 saturated carbocycles. The standard InChI is InChI=1S/C25H37O6S.HI/c1-17(2)12-13-20-24(3,31-20)22-21(28-4)19(14-15-25(22,27)16-32(5)6)30-23(26)29-18-10-8-7-9-11-18;/h7-12,19-22,27H,13-16H2,1-6H3;1H/q+1;/p-1. The van der Waals surface area contributed by atoms with Crippen LogP contribution in [-0.4, -0.2) is 66.2 Å². The van der Waals surface area contributed by atoms with Crippen LogP contribution in [0.3, 0.4) is 0 Å². The Kier molecular flexibility index (Phi) is 10.1. The van der Waals surface area contributed by atoms with E-state index in [4.69, 9.17) is 18.9 Å². The van der Waals surface area contributed by atoms with Gasteiger partial charge in [0.05, 0.1) is 24.5 Å². The van der Waals surface area contributed by atoms with Crippen molar-refractivity contribution in [1.82, 2.24) is 0 Å². The number of allylic oxidation sites excluding steroid dienone is 1. The molecule has 1 saturated heterocycles. The molecule has 186 valence electrons. The van der Waals surface area contributed by atoms with E-state index in [1.165, 1.54) is 5.57 Å². The summed E-state index contributed by atoms with van der Waals surface area (Å²) in [6.07, 6.45) is 6.44. The fraction of sp³-hybridized carbons (Fsp3) is 0.640. The van der Waals surface area contributed by atoms with Crippen LogP contribution in [0, 0.1) is 5.92 Å². The van der Waals surface area contributed by atoms with Gasteiger partial charge in [-0.15, -0.1) is 0 Å². The van der Waals surface area contributed by atoms with Gasteiger partial charge >= 0.3 is 6.16 Å². The lowest BCUT2D eigenvalue weighted by Crippen LogP contribution is -3.00. The predicted molar refractivity (Wildman–Crippen MR) is 127 cm³/mol. The molecule has 2 aliphatic rings. The monoisotopic (exact) mass is 592 g/mol. The summed E-state index contributed by atoms with van der Waals surface area (Å²) >= 11 is 0. The molecule has 6 nitrogen and oxygen atoms in total. The molecule has 6 unspecified atom stereocenters. The van der Waals surface area contributed by atoms with Gasteiger partial charge in [0.1, 0.15) is 34.9 Å². The highest BCUT2D eigenvalue weighted by atomic mass is 127. The maximum atomic E-state index is 12.5. The number of methoxy groups -OCH3 is 1. The van der Waals surface area contributed by atoms with Crippen LogP contribution in [0.25, 0.3) is 0 Å². The number of aliphatic hydroxyl groups is 1. The third-order valence-corrected chi connectivity index (χ3v) is 7.55. The predicted octanol–water partition coefficient (Wildman–Crippen LogP) is 1.12. The van der Waals surface area contributed by atoms with Crippen LogP contribution < -0.4 is 28.7 Å². The van der Waals surface area contributed by atoms with E-state index in [1.807, 2.05) is 13.0 Å². The largest absolute Gasteiger partial charge is 1.00 e. The lowest BCUT2D eigenvalue weighted by molar-refractivity contribution is -0.172. The number of halogens is 1. The fourth-order valence-corrected chi connectivity index (χ4v) is 6.39. The highest BCUT2D eigenvalue weighted by Gasteiger charge is 2.68. The first kappa shape index (κ1) is 28.4. The molecule has 1 aromatic rings. The van der Waals surface area contributed by atoms with Crippen molar-refractivity contribution < 1.29 is 52.8 Å². The first-order valence-corrected chi connectivity index (χ1v) is 13.3. The number of para-hydroxylation sites is 1. The lowest BCUT2D eigenvalue weighted by Gasteiger charge is -2.47. The summed E-state index contributed by atoms with van der Waals surface area (Å²) in [6.45, 7) is 6.18. The van der Waals surface area contributed by atoms with Crippen LogP contribution in [0.1, 0.15) is 40.0 Å². The Morgan fingerprint density at radius 2 is 1.94 bits per heavy atom. The molecular formula is C25H37IO6S. The summed E-state index contributed by atoms with van der Waals surface area (Å²) in [7, 11) is 1.63. The average molecular weight is 593 g/mol. The molecular weight excluding hydrogens is 555 g/mol. The zero-order valence-electron chi connectivity index (χ0n) is 20.4. The molecule has 1 N–H and O–H groups in total. The molecule has 0 radical (unpaired) electrons. The van der Waals surface area contributed by atoms with Gasteiger partial charge in [0.15, 0.2) is 0 Å². The molecule has 0 spiro atoms. The van der Waals surface area contributed by atoms with Crippen molar-refractivity contribution >= 4 is 17.1 Å². The van der Waals surface area contributed by atoms with Gasteiger partial charge in [-0.25, -0.2) is 4.79 Å². The Morgan fingerprint density at radius 1 is 1.27 bits per heavy atom. The maximum absolute atomic E-state index is 12.5. The molecule has 8 heteroatoms. The van der Waals surface area contributed by atoms with Crippen molar-refractivity contribution in [1.29, 1.82) is 0 Å². The van der Waals surface area contributed by atoms with Crippen molar-refractivity contribution in [2.45, 2.75) is 69.5 Å². The number of rotatable bonds is 8. The third kappa shape index (κ3) is 6.87. The van der Waals surface area contributed by atoms with E-state index < -0.39 is 29.6 Å². The summed E-state index contributed by atoms with van der Waals surface area (Å²) in [6, 6.07) is 8.84. The Bertz CT molecular complexity index is 814. The molecule has 1 heterocycles. The van der Waals surface area contributed by atoms with Gasteiger partial charge in [-0.3, -0.25) is 0 Å². The van der Waals surface area contributed by atoms with Crippen LogP contribution in [0.5, 0.6) is 5.75 Å². The van der Waals surface area contributed by atoms with Crippen molar-refractivity contribution in [2.75, 3.05) is 25.4 Å². The minimum absolute atomic E-state index is 0. The van der Waals surface area contributed by atoms with Crippen molar-refractivity contribution in [3.05, 3.63) is 42.0 Å². The smallest absolute Gasteiger partial charge is 0.514 e. The van der Waals surface area contributed by atoms with Gasteiger partial charge in [0.2, 0.25) is 0 Å². The summed E-state index contributed by atoms with van der Waals surface area (Å²) in [5.74, 6) is 0.761. The number of carbonyl (C=O) groups is 1. The summed E-state index contributed by atoms with van der Waals surface area (Å²) in [5.41, 5.74) is -0.268. The van der Waals surface area contributed by atoms with E-state index in [9.17, 15) is 9.90 Å². The molecule has 1 aliphatic heterocycles. The van der Waals surface area contributed by atoms with E-state index in [-0.39, 0.29) is 46.9 Å². The highest BCUT2D eigenvalue weighted by Crippen LogP contribution is 2.55. The third-order valence-electron chi connectivity index (χ3n) is 6.47. The second-order valence-corrected chi connectivity index (χ2v) is 11.8. The van der Waals surface area contributed by atoms with Crippen molar-refractivity contribution in [3.63, 3.8) is 0 Å². The minimum Gasteiger partial charge on any atom is -1.00 e. The van der Waals surface area contributed by atoms with Crippen molar-refractivity contribution in [2.24, 2.45) is 5.92 Å². The zero-order valence-corrected chi connectivity index (χ0v) is 23.4. The molecule has 0 aromatic heterocycles. The second-order valence-electron chi connectivity index (χ2n) is 9.58. The molecule has 33 heavy (non-hydrogen) atoms. The van der Waals surface area contributed by atoms with E-state index in [0.29, 0.717) is 24.3 Å². The first-order chi connectivity index (χ1) is 15.1. The normalized spacial score (nSPS) is 33.1. The van der Waals surface area contributed by atoms with Crippen LogP contribution in [0.15, 0.2) is 42.0 Å². The van der Waals surface area contributed by atoms with Gasteiger partial charge in [0.25, 0.3) is 0 Å². The van der Waals surface area contributed by atoms with Gasteiger partial charge in [-0.1, -0.05) is 29.8 Å². The van der Waals surface area contributed by atoms with Gasteiger partial charge in [-0.2, -0.15) is 0 Å². The van der Waals surface area contributed by atoms with E-state index in [0.717, 1.165) is 6.42 Å². The molecule has 1 aromatic carbocycles. The molecule has 1 aliphatic carbocycles. The molecule has 3 rings (SSSR count). The average Bonchev–Trinajstić information content (AvgIpc) is 3.38. The topological polar surface area (TPSA) is 77.5 Å². The van der Waals surface area contributed by atoms with Crippen molar-refractivity contribution in [3.8, 4) is 5.75 Å². The Hall–Kier alpha value is -0.810. The number of benzene rings is 1. The zero-order chi connectivity index (χ0) is 23.5. The Labute approximate surface area is 217 Å². The number of hydrogen-bond donors (Lipinski definition) is 1. The van der Waals surface area contributed by atoms with Gasteiger partial charge < -0.3 is 48.0 Å². The Balaban J connectivity index is 0.00000385. The number of ether oxygens (including phenoxy) is 4. The van der Waals surface area contributed by atoms with E-state index in [2.05, 4.69) is 32.4 Å². The number of epoxide rings is 1. The Morgan fingerprint density at radius 3 is 2.52 bits per heavy atom. The summed E-state index contributed by atoms with van der Waals surface area (Å²) in [5, 5.41) is 11.8. The van der Waals surface area contributed by atoms with Gasteiger partial charge in [-0.05, 0) is 63.1 Å². The molecule has 6 atom stereocenters. The van der Waals surface area contributed by atoms with Crippen LogP contribution >= 0.6 is 0 Å². The first-order valence-electron chi connectivity index (χ1n) is 11.1. The quantitative estimate of drug-likeness (QED) is 0.122. The lowest BCUT2D eigenvalue weighted by atomic mass is 9.66. The number of carbonyl (C=O) groups excluding carboxylic acids is 1. The van der Waals surface area contributed by atoms with Crippen LogP contribution in [0.2, 0.25) is 0 Å². The number of hydrogen-bond acceptors (Lipinski definition) is 6. The molecule has 0 bridgehead atoms. The van der Waals surface area contributed by atoms with Crippen LogP contribution in [0.4, 0.5) is 4.79 Å². The summed E-state index contributed by atoms with van der Waals surface area (Å²) < 4.78 is 23.2. The molecule has 2 fully saturated rings. The molecule has 0 amide bonds. The SMILES string of the molecule is COC1C(OC(=O)Oc2ccccc2)CCC(O)(C[S+](C)C)C1C1(C)OC1CC=C(C)C.[I-].